The van der Waals surface area contributed by atoms with Gasteiger partial charge in [-0.1, -0.05) is 25.4 Å². The van der Waals surface area contributed by atoms with Crippen LogP contribution in [0.15, 0.2) is 16.6 Å². The van der Waals surface area contributed by atoms with E-state index in [1.807, 2.05) is 13.8 Å². The third kappa shape index (κ3) is 5.09. The predicted molar refractivity (Wildman–Crippen MR) is 81.8 cm³/mol. The van der Waals surface area contributed by atoms with E-state index in [-0.39, 0.29) is 39.3 Å². The van der Waals surface area contributed by atoms with Crippen molar-refractivity contribution in [3.8, 4) is 5.75 Å². The molecular formula is C13H16BrClF2N2O2. The van der Waals surface area contributed by atoms with Crippen molar-refractivity contribution < 1.29 is 18.3 Å². The van der Waals surface area contributed by atoms with Crippen LogP contribution in [0.4, 0.5) is 14.5 Å². The molecule has 1 aromatic carbocycles. The van der Waals surface area contributed by atoms with Crippen molar-refractivity contribution in [2.45, 2.75) is 20.5 Å². The first-order chi connectivity index (χ1) is 9.76. The number of alkyl halides is 2. The zero-order valence-electron chi connectivity index (χ0n) is 11.5. The molecule has 0 bridgehead atoms. The van der Waals surface area contributed by atoms with Gasteiger partial charge in [-0.3, -0.25) is 4.79 Å². The van der Waals surface area contributed by atoms with Crippen molar-refractivity contribution in [3.05, 3.63) is 21.6 Å². The number of anilines is 1. The fraction of sp³-hybridized carbons (Fsp3) is 0.462. The summed E-state index contributed by atoms with van der Waals surface area (Å²) in [6, 6.07) is 2.74. The van der Waals surface area contributed by atoms with E-state index in [9.17, 15) is 13.6 Å². The number of amides is 1. The van der Waals surface area contributed by atoms with E-state index < -0.39 is 12.5 Å². The van der Waals surface area contributed by atoms with E-state index in [0.29, 0.717) is 0 Å². The second-order valence-corrected chi connectivity index (χ2v) is 6.01. The first-order valence-electron chi connectivity index (χ1n) is 6.21. The molecule has 0 aromatic heterocycles. The van der Waals surface area contributed by atoms with Gasteiger partial charge < -0.3 is 15.8 Å². The third-order valence-corrected chi connectivity index (χ3v) is 3.68. The maximum atomic E-state index is 12.5. The highest BCUT2D eigenvalue weighted by Crippen LogP contribution is 2.37. The number of nitrogens with two attached hydrogens (primary N) is 1. The Morgan fingerprint density at radius 3 is 2.57 bits per heavy atom. The summed E-state index contributed by atoms with van der Waals surface area (Å²) in [6.45, 7) is 0.827. The maximum Gasteiger partial charge on any atom is 0.387 e. The van der Waals surface area contributed by atoms with Gasteiger partial charge in [-0.05, 0) is 34.0 Å². The van der Waals surface area contributed by atoms with Crippen molar-refractivity contribution in [2.75, 3.05) is 11.9 Å². The third-order valence-electron chi connectivity index (χ3n) is 2.87. The second kappa shape index (κ2) is 7.91. The van der Waals surface area contributed by atoms with Crippen LogP contribution in [0.3, 0.4) is 0 Å². The fourth-order valence-corrected chi connectivity index (χ4v) is 2.67. The predicted octanol–water partition coefficient (Wildman–Crippen LogP) is 3.87. The monoisotopic (exact) mass is 384 g/mol. The van der Waals surface area contributed by atoms with E-state index in [0.717, 1.165) is 0 Å². The molecule has 118 valence electrons. The molecule has 3 N–H and O–H groups in total. The molecule has 1 aromatic rings. The highest BCUT2D eigenvalue weighted by atomic mass is 79.9. The zero-order chi connectivity index (χ0) is 16.2. The molecule has 0 radical (unpaired) electrons. The van der Waals surface area contributed by atoms with Crippen LogP contribution in [0.25, 0.3) is 0 Å². The first-order valence-corrected chi connectivity index (χ1v) is 7.38. The Morgan fingerprint density at radius 1 is 1.48 bits per heavy atom. The molecular weight excluding hydrogens is 370 g/mol. The molecule has 8 heteroatoms. The zero-order valence-corrected chi connectivity index (χ0v) is 13.8. The minimum absolute atomic E-state index is 0.0112. The van der Waals surface area contributed by atoms with Crippen LogP contribution < -0.4 is 15.8 Å². The number of hydrogen-bond donors (Lipinski definition) is 2. The summed E-state index contributed by atoms with van der Waals surface area (Å²) < 4.78 is 29.6. The highest BCUT2D eigenvalue weighted by Gasteiger charge is 2.23. The fourth-order valence-electron chi connectivity index (χ4n) is 1.77. The van der Waals surface area contributed by atoms with Crippen LogP contribution in [0.2, 0.25) is 5.02 Å². The summed E-state index contributed by atoms with van der Waals surface area (Å²) in [5, 5.41) is 2.81. The maximum absolute atomic E-state index is 12.5. The Kier molecular flexibility index (Phi) is 6.83. The summed E-state index contributed by atoms with van der Waals surface area (Å²) >= 11 is 8.95. The summed E-state index contributed by atoms with van der Waals surface area (Å²) in [6.07, 6.45) is 0. The quantitative estimate of drug-likeness (QED) is 0.781. The molecule has 0 heterocycles. The Labute approximate surface area is 135 Å². The average molecular weight is 386 g/mol. The smallest absolute Gasteiger partial charge is 0.387 e. The van der Waals surface area contributed by atoms with E-state index in [4.69, 9.17) is 17.3 Å². The van der Waals surface area contributed by atoms with Crippen molar-refractivity contribution >= 4 is 39.1 Å². The average Bonchev–Trinajstić information content (AvgIpc) is 2.33. The molecule has 0 aliphatic rings. The van der Waals surface area contributed by atoms with Gasteiger partial charge in [0.25, 0.3) is 0 Å². The van der Waals surface area contributed by atoms with Gasteiger partial charge in [-0.25, -0.2) is 0 Å². The van der Waals surface area contributed by atoms with Crippen molar-refractivity contribution in [1.29, 1.82) is 0 Å². The minimum Gasteiger partial charge on any atom is -0.431 e. The molecule has 0 aliphatic heterocycles. The molecule has 0 spiro atoms. The lowest BCUT2D eigenvalue weighted by Gasteiger charge is -2.20. The lowest BCUT2D eigenvalue weighted by molar-refractivity contribution is -0.120. The van der Waals surface area contributed by atoms with Crippen LogP contribution in [-0.4, -0.2) is 19.1 Å². The van der Waals surface area contributed by atoms with Gasteiger partial charge >= 0.3 is 6.61 Å². The van der Waals surface area contributed by atoms with Gasteiger partial charge in [0.2, 0.25) is 5.91 Å². The molecule has 0 saturated heterocycles. The number of hydrogen-bond acceptors (Lipinski definition) is 3. The normalized spacial score (nSPS) is 12.6. The highest BCUT2D eigenvalue weighted by molar-refractivity contribution is 9.10. The summed E-state index contributed by atoms with van der Waals surface area (Å²) in [4.78, 5) is 12.2. The summed E-state index contributed by atoms with van der Waals surface area (Å²) in [5.41, 5.74) is 5.63. The largest absolute Gasteiger partial charge is 0.431 e. The molecule has 1 amide bonds. The topological polar surface area (TPSA) is 64.4 Å². The number of halogens is 4. The molecule has 0 aliphatic carbocycles. The summed E-state index contributed by atoms with van der Waals surface area (Å²) in [5.74, 6) is -0.984. The van der Waals surface area contributed by atoms with Crippen LogP contribution >= 0.6 is 27.5 Å². The van der Waals surface area contributed by atoms with E-state index >= 15 is 0 Å². The number of benzene rings is 1. The van der Waals surface area contributed by atoms with Crippen LogP contribution in [0.1, 0.15) is 13.8 Å². The number of nitrogens with one attached hydrogen (secondary N) is 1. The Balaban J connectivity index is 3.08. The van der Waals surface area contributed by atoms with E-state index in [1.54, 1.807) is 0 Å². The van der Waals surface area contributed by atoms with Gasteiger partial charge in [-0.15, -0.1) is 0 Å². The Hall–Kier alpha value is -0.920. The molecule has 4 nitrogen and oxygen atoms in total. The summed E-state index contributed by atoms with van der Waals surface area (Å²) in [7, 11) is 0. The lowest BCUT2D eigenvalue weighted by Crippen LogP contribution is -2.33. The van der Waals surface area contributed by atoms with Crippen LogP contribution in [-0.2, 0) is 4.79 Å². The van der Waals surface area contributed by atoms with Crippen molar-refractivity contribution in [1.82, 2.24) is 0 Å². The second-order valence-electron chi connectivity index (χ2n) is 4.72. The number of carbonyl (C=O) groups excluding carboxylic acids is 1. The first kappa shape index (κ1) is 18.1. The SMILES string of the molecule is CC(C)C(CN)C(=O)Nc1cc(Cl)cc(Br)c1OC(F)F. The van der Waals surface area contributed by atoms with E-state index in [2.05, 4.69) is 26.0 Å². The van der Waals surface area contributed by atoms with Gasteiger partial charge in [0.1, 0.15) is 0 Å². The number of rotatable bonds is 6. The van der Waals surface area contributed by atoms with Gasteiger partial charge in [0, 0.05) is 11.6 Å². The minimum atomic E-state index is -3.02. The molecule has 0 fully saturated rings. The Morgan fingerprint density at radius 2 is 2.10 bits per heavy atom. The lowest BCUT2D eigenvalue weighted by atomic mass is 9.95. The van der Waals surface area contributed by atoms with Crippen molar-refractivity contribution in [3.63, 3.8) is 0 Å². The van der Waals surface area contributed by atoms with Gasteiger partial charge in [-0.2, -0.15) is 8.78 Å². The van der Waals surface area contributed by atoms with Gasteiger partial charge in [0.05, 0.1) is 16.1 Å². The molecule has 1 unspecified atom stereocenters. The molecule has 21 heavy (non-hydrogen) atoms. The van der Waals surface area contributed by atoms with Crippen molar-refractivity contribution in [2.24, 2.45) is 17.6 Å². The molecule has 0 saturated carbocycles. The van der Waals surface area contributed by atoms with Crippen LogP contribution in [0, 0.1) is 11.8 Å². The van der Waals surface area contributed by atoms with Gasteiger partial charge in [0.15, 0.2) is 5.75 Å². The van der Waals surface area contributed by atoms with Crippen LogP contribution in [0.5, 0.6) is 5.75 Å². The number of carbonyl (C=O) groups is 1. The Bertz CT molecular complexity index is 515. The standard InChI is InChI=1S/C13H16BrClF2N2O2/c1-6(2)8(5-18)12(20)19-10-4-7(15)3-9(14)11(10)21-13(16)17/h3-4,6,8,13H,5,18H2,1-2H3,(H,19,20). The number of ether oxygens (including phenoxy) is 1. The molecule has 1 rings (SSSR count). The van der Waals surface area contributed by atoms with E-state index in [1.165, 1.54) is 12.1 Å². The molecule has 1 atom stereocenters.